The van der Waals surface area contributed by atoms with Crippen LogP contribution in [0, 0.1) is 0 Å². The van der Waals surface area contributed by atoms with Crippen molar-refractivity contribution in [3.05, 3.63) is 47.2 Å². The van der Waals surface area contributed by atoms with Crippen molar-refractivity contribution in [1.82, 2.24) is 14.7 Å². The van der Waals surface area contributed by atoms with Gasteiger partial charge in [-0.15, -0.1) is 0 Å². The molecule has 1 aliphatic heterocycles. The summed E-state index contributed by atoms with van der Waals surface area (Å²) in [5.74, 6) is -1.60. The van der Waals surface area contributed by atoms with E-state index < -0.39 is 24.0 Å². The van der Waals surface area contributed by atoms with Gasteiger partial charge in [0.25, 0.3) is 5.91 Å². The highest BCUT2D eigenvalue weighted by molar-refractivity contribution is 6.34. The number of carbonyl (C=O) groups excluding carboxylic acids is 1. The summed E-state index contributed by atoms with van der Waals surface area (Å²) in [6, 6.07) is 5.58. The molecule has 1 fully saturated rings. The maximum atomic E-state index is 12.8. The molecule has 126 valence electrons. The monoisotopic (exact) mass is 349 g/mol. The number of hydrogen-bond acceptors (Lipinski definition) is 4. The molecule has 1 aliphatic rings. The van der Waals surface area contributed by atoms with Crippen molar-refractivity contribution in [3.8, 4) is 5.69 Å². The Kier molecular flexibility index (Phi) is 4.55. The van der Waals surface area contributed by atoms with Gasteiger partial charge in [-0.3, -0.25) is 4.79 Å². The number of carboxylic acids is 1. The van der Waals surface area contributed by atoms with Crippen molar-refractivity contribution in [2.24, 2.45) is 0 Å². The number of aliphatic hydroxyl groups excluding tert-OH is 1. The molecular weight excluding hydrogens is 334 g/mol. The molecule has 2 aromatic rings. The second-order valence-corrected chi connectivity index (χ2v) is 6.05. The van der Waals surface area contributed by atoms with E-state index in [9.17, 15) is 19.8 Å². The molecule has 2 heterocycles. The van der Waals surface area contributed by atoms with Crippen molar-refractivity contribution >= 4 is 23.5 Å². The highest BCUT2D eigenvalue weighted by Crippen LogP contribution is 2.25. The summed E-state index contributed by atoms with van der Waals surface area (Å²) in [7, 11) is 0. The number of carbonyl (C=O) groups is 2. The van der Waals surface area contributed by atoms with Crippen molar-refractivity contribution < 1.29 is 19.8 Å². The highest BCUT2D eigenvalue weighted by atomic mass is 35.5. The van der Waals surface area contributed by atoms with Crippen molar-refractivity contribution in [2.45, 2.75) is 25.0 Å². The van der Waals surface area contributed by atoms with Crippen LogP contribution in [0.5, 0.6) is 0 Å². The maximum Gasteiger partial charge on any atom is 0.326 e. The number of aliphatic hydroxyl groups is 1. The van der Waals surface area contributed by atoms with Crippen LogP contribution in [0.15, 0.2) is 36.7 Å². The van der Waals surface area contributed by atoms with E-state index in [0.717, 1.165) is 0 Å². The molecule has 1 amide bonds. The van der Waals surface area contributed by atoms with Crippen LogP contribution < -0.4 is 0 Å². The second kappa shape index (κ2) is 6.62. The van der Waals surface area contributed by atoms with Gasteiger partial charge >= 0.3 is 5.97 Å². The average Bonchev–Trinajstić information content (AvgIpc) is 3.09. The van der Waals surface area contributed by atoms with Crippen molar-refractivity contribution in [3.63, 3.8) is 0 Å². The highest BCUT2D eigenvalue weighted by Gasteiger charge is 2.36. The largest absolute Gasteiger partial charge is 0.480 e. The zero-order chi connectivity index (χ0) is 17.3. The van der Waals surface area contributed by atoms with E-state index in [1.165, 1.54) is 4.90 Å². The smallest absolute Gasteiger partial charge is 0.326 e. The lowest BCUT2D eigenvalue weighted by Gasteiger charge is -2.35. The Hall–Kier alpha value is -2.38. The van der Waals surface area contributed by atoms with Gasteiger partial charge in [-0.2, -0.15) is 5.10 Å². The van der Waals surface area contributed by atoms with Gasteiger partial charge in [0.15, 0.2) is 0 Å². The van der Waals surface area contributed by atoms with Crippen LogP contribution in [-0.2, 0) is 4.79 Å². The van der Waals surface area contributed by atoms with E-state index >= 15 is 0 Å². The zero-order valence-electron chi connectivity index (χ0n) is 12.7. The van der Waals surface area contributed by atoms with Gasteiger partial charge in [0.1, 0.15) is 6.04 Å². The van der Waals surface area contributed by atoms with E-state index in [1.807, 2.05) is 0 Å². The Morgan fingerprint density at radius 1 is 1.33 bits per heavy atom. The van der Waals surface area contributed by atoms with Crippen LogP contribution in [0.2, 0.25) is 5.02 Å². The first kappa shape index (κ1) is 16.5. The molecule has 0 spiro atoms. The number of benzene rings is 1. The lowest BCUT2D eigenvalue weighted by molar-refractivity contribution is -0.145. The Labute approximate surface area is 143 Å². The summed E-state index contributed by atoms with van der Waals surface area (Å²) in [5, 5.41) is 23.4. The van der Waals surface area contributed by atoms with Crippen molar-refractivity contribution in [2.75, 3.05) is 6.54 Å². The molecule has 0 saturated carbocycles. The molecule has 2 N–H and O–H groups in total. The molecule has 1 aromatic carbocycles. The summed E-state index contributed by atoms with van der Waals surface area (Å²) in [6.45, 7) is 0.166. The number of aliphatic carboxylic acids is 1. The van der Waals surface area contributed by atoms with E-state index in [0.29, 0.717) is 12.1 Å². The van der Waals surface area contributed by atoms with Crippen LogP contribution in [0.3, 0.4) is 0 Å². The first-order valence-corrected chi connectivity index (χ1v) is 7.86. The standard InChI is InChI=1S/C16H16ClN3O4/c17-13-3-2-10(20-6-1-5-18-20)8-12(13)15(22)19-7-4-11(21)9-14(19)16(23)24/h1-3,5-6,8,11,14,21H,4,7,9H2,(H,23,24)/t11-,14+/m0/s1. The summed E-state index contributed by atoms with van der Waals surface area (Å²) in [4.78, 5) is 25.5. The molecule has 0 radical (unpaired) electrons. The number of hydrogen-bond donors (Lipinski definition) is 2. The number of nitrogens with zero attached hydrogens (tertiary/aromatic N) is 3. The minimum absolute atomic E-state index is 0.0114. The van der Waals surface area contributed by atoms with Crippen LogP contribution in [0.25, 0.3) is 5.69 Å². The minimum Gasteiger partial charge on any atom is -0.480 e. The lowest BCUT2D eigenvalue weighted by Crippen LogP contribution is -2.51. The van der Waals surface area contributed by atoms with Crippen LogP contribution >= 0.6 is 11.6 Å². The summed E-state index contributed by atoms with van der Waals surface area (Å²) < 4.78 is 1.59. The Balaban J connectivity index is 1.94. The minimum atomic E-state index is -1.14. The van der Waals surface area contributed by atoms with Gasteiger partial charge in [-0.1, -0.05) is 11.6 Å². The zero-order valence-corrected chi connectivity index (χ0v) is 13.4. The number of rotatable bonds is 3. The fourth-order valence-corrected chi connectivity index (χ4v) is 3.02. The van der Waals surface area contributed by atoms with E-state index in [2.05, 4.69) is 5.10 Å². The number of piperidine rings is 1. The third-order valence-corrected chi connectivity index (χ3v) is 4.40. The first-order chi connectivity index (χ1) is 11.5. The van der Waals surface area contributed by atoms with E-state index in [1.54, 1.807) is 41.3 Å². The molecule has 3 rings (SSSR count). The SMILES string of the molecule is O=C(O)[C@H]1C[C@@H](O)CCN1C(=O)c1cc(-n2cccn2)ccc1Cl. The number of amides is 1. The molecule has 7 nitrogen and oxygen atoms in total. The number of aromatic nitrogens is 2. The number of likely N-dealkylation sites (tertiary alicyclic amines) is 1. The average molecular weight is 350 g/mol. The summed E-state index contributed by atoms with van der Waals surface area (Å²) >= 11 is 6.15. The lowest BCUT2D eigenvalue weighted by atomic mass is 9.98. The van der Waals surface area contributed by atoms with Crippen LogP contribution in [0.1, 0.15) is 23.2 Å². The van der Waals surface area contributed by atoms with Gasteiger partial charge in [-0.05, 0) is 30.7 Å². The molecule has 8 heteroatoms. The Morgan fingerprint density at radius 3 is 2.79 bits per heavy atom. The molecule has 0 aliphatic carbocycles. The summed E-state index contributed by atoms with van der Waals surface area (Å²) in [5.41, 5.74) is 0.865. The van der Waals surface area contributed by atoms with Gasteiger partial charge in [-0.25, -0.2) is 9.48 Å². The molecule has 1 saturated heterocycles. The molecule has 2 atom stereocenters. The number of halogens is 1. The Bertz CT molecular complexity index is 763. The van der Waals surface area contributed by atoms with Gasteiger partial charge < -0.3 is 15.1 Å². The topological polar surface area (TPSA) is 95.7 Å². The molecule has 1 aromatic heterocycles. The van der Waals surface area contributed by atoms with Gasteiger partial charge in [0.2, 0.25) is 0 Å². The molecule has 24 heavy (non-hydrogen) atoms. The van der Waals surface area contributed by atoms with Crippen LogP contribution in [-0.4, -0.2) is 55.5 Å². The number of carboxylic acid groups (broad SMARTS) is 1. The molecule has 0 bridgehead atoms. The predicted octanol–water partition coefficient (Wildman–Crippen LogP) is 1.58. The molecule has 0 unspecified atom stereocenters. The second-order valence-electron chi connectivity index (χ2n) is 5.65. The Morgan fingerprint density at radius 2 is 2.12 bits per heavy atom. The van der Waals surface area contributed by atoms with Crippen molar-refractivity contribution in [1.29, 1.82) is 0 Å². The fraction of sp³-hybridized carbons (Fsp3) is 0.312. The quantitative estimate of drug-likeness (QED) is 0.877. The van der Waals surface area contributed by atoms with Crippen LogP contribution in [0.4, 0.5) is 0 Å². The molecular formula is C16H16ClN3O4. The third-order valence-electron chi connectivity index (χ3n) is 4.07. The van der Waals surface area contributed by atoms with Gasteiger partial charge in [0.05, 0.1) is 22.4 Å². The van der Waals surface area contributed by atoms with E-state index in [4.69, 9.17) is 11.6 Å². The third kappa shape index (κ3) is 3.13. The predicted molar refractivity (Wildman–Crippen MR) is 86.3 cm³/mol. The fourth-order valence-electron chi connectivity index (χ4n) is 2.82. The normalized spacial score (nSPS) is 20.8. The first-order valence-electron chi connectivity index (χ1n) is 7.49. The maximum absolute atomic E-state index is 12.8. The van der Waals surface area contributed by atoms with Gasteiger partial charge in [0, 0.05) is 25.4 Å². The van der Waals surface area contributed by atoms with E-state index in [-0.39, 0.29) is 23.6 Å². The summed E-state index contributed by atoms with van der Waals surface area (Å²) in [6.07, 6.45) is 2.97.